The summed E-state index contributed by atoms with van der Waals surface area (Å²) in [5.41, 5.74) is 3.18. The molecular weight excluding hydrogens is 250 g/mol. The van der Waals surface area contributed by atoms with Crippen molar-refractivity contribution < 1.29 is 9.90 Å². The highest BCUT2D eigenvalue weighted by molar-refractivity contribution is 5.92. The van der Waals surface area contributed by atoms with Gasteiger partial charge in [0.15, 0.2) is 0 Å². The van der Waals surface area contributed by atoms with E-state index in [1.165, 1.54) is 11.1 Å². The largest absolute Gasteiger partial charge is 0.508 e. The standard InChI is InChI=1S/C17H19NO2/c1-13-3-5-14(6-4-13)7-12-17(20)18(2)15-8-10-16(19)11-9-15/h3-6,8-11,19H,7,12H2,1-2H3. The van der Waals surface area contributed by atoms with Crippen LogP contribution in [0.4, 0.5) is 5.69 Å². The maximum atomic E-state index is 12.1. The fourth-order valence-electron chi connectivity index (χ4n) is 1.99. The quantitative estimate of drug-likeness (QED) is 0.925. The molecule has 0 aliphatic rings. The van der Waals surface area contributed by atoms with Crippen LogP contribution >= 0.6 is 0 Å². The molecule has 104 valence electrons. The van der Waals surface area contributed by atoms with Crippen molar-refractivity contribution in [2.45, 2.75) is 19.8 Å². The minimum Gasteiger partial charge on any atom is -0.508 e. The highest BCUT2D eigenvalue weighted by Crippen LogP contribution is 2.18. The number of phenolic OH excluding ortho intramolecular Hbond substituents is 1. The summed E-state index contributed by atoms with van der Waals surface area (Å²) < 4.78 is 0. The number of hydrogen-bond acceptors (Lipinski definition) is 2. The van der Waals surface area contributed by atoms with Gasteiger partial charge in [-0.15, -0.1) is 0 Å². The topological polar surface area (TPSA) is 40.5 Å². The second-order valence-corrected chi connectivity index (χ2v) is 4.95. The smallest absolute Gasteiger partial charge is 0.227 e. The molecule has 3 nitrogen and oxygen atoms in total. The Kier molecular flexibility index (Phi) is 4.41. The number of carbonyl (C=O) groups excluding carboxylic acids is 1. The molecule has 3 heteroatoms. The molecule has 1 N–H and O–H groups in total. The van der Waals surface area contributed by atoms with E-state index in [9.17, 15) is 9.90 Å². The van der Waals surface area contributed by atoms with Crippen LogP contribution in [-0.2, 0) is 11.2 Å². The summed E-state index contributed by atoms with van der Waals surface area (Å²) in [6, 6.07) is 14.9. The second kappa shape index (κ2) is 6.24. The summed E-state index contributed by atoms with van der Waals surface area (Å²) in [5, 5.41) is 9.25. The van der Waals surface area contributed by atoms with Gasteiger partial charge in [0.25, 0.3) is 0 Å². The molecule has 0 bridgehead atoms. The van der Waals surface area contributed by atoms with Gasteiger partial charge < -0.3 is 10.0 Å². The lowest BCUT2D eigenvalue weighted by Gasteiger charge is -2.17. The van der Waals surface area contributed by atoms with Gasteiger partial charge in [0.1, 0.15) is 5.75 Å². The SMILES string of the molecule is Cc1ccc(CCC(=O)N(C)c2ccc(O)cc2)cc1. The molecule has 0 unspecified atom stereocenters. The van der Waals surface area contributed by atoms with Crippen LogP contribution in [0.2, 0.25) is 0 Å². The van der Waals surface area contributed by atoms with Gasteiger partial charge in [-0.25, -0.2) is 0 Å². The Morgan fingerprint density at radius 1 is 1.05 bits per heavy atom. The van der Waals surface area contributed by atoms with E-state index < -0.39 is 0 Å². The first kappa shape index (κ1) is 14.1. The lowest BCUT2D eigenvalue weighted by molar-refractivity contribution is -0.118. The van der Waals surface area contributed by atoms with Gasteiger partial charge in [0.2, 0.25) is 5.91 Å². The van der Waals surface area contributed by atoms with E-state index in [0.29, 0.717) is 6.42 Å². The van der Waals surface area contributed by atoms with Crippen molar-refractivity contribution in [3.8, 4) is 5.75 Å². The van der Waals surface area contributed by atoms with Crippen LogP contribution in [0.25, 0.3) is 0 Å². The van der Waals surface area contributed by atoms with Crippen molar-refractivity contribution in [3.05, 3.63) is 59.7 Å². The predicted octanol–water partition coefficient (Wildman–Crippen LogP) is 3.30. The van der Waals surface area contributed by atoms with E-state index in [1.807, 2.05) is 6.92 Å². The molecule has 0 aliphatic carbocycles. The van der Waals surface area contributed by atoms with Crippen molar-refractivity contribution in [1.29, 1.82) is 0 Å². The van der Waals surface area contributed by atoms with Crippen LogP contribution in [0.3, 0.4) is 0 Å². The van der Waals surface area contributed by atoms with Crippen molar-refractivity contribution in [3.63, 3.8) is 0 Å². The van der Waals surface area contributed by atoms with Crippen molar-refractivity contribution in [1.82, 2.24) is 0 Å². The number of amides is 1. The number of rotatable bonds is 4. The van der Waals surface area contributed by atoms with Crippen LogP contribution in [0.5, 0.6) is 5.75 Å². The fraction of sp³-hybridized carbons (Fsp3) is 0.235. The number of nitrogens with zero attached hydrogens (tertiary/aromatic N) is 1. The number of aromatic hydroxyl groups is 1. The van der Waals surface area contributed by atoms with E-state index in [1.54, 1.807) is 36.2 Å². The van der Waals surface area contributed by atoms with E-state index in [4.69, 9.17) is 0 Å². The summed E-state index contributed by atoms with van der Waals surface area (Å²) >= 11 is 0. The Morgan fingerprint density at radius 3 is 2.25 bits per heavy atom. The minimum atomic E-state index is 0.0660. The summed E-state index contributed by atoms with van der Waals surface area (Å²) in [6.45, 7) is 2.05. The lowest BCUT2D eigenvalue weighted by atomic mass is 10.1. The summed E-state index contributed by atoms with van der Waals surface area (Å²) in [6.07, 6.45) is 1.21. The molecule has 1 amide bonds. The molecule has 2 aromatic rings. The predicted molar refractivity (Wildman–Crippen MR) is 81.0 cm³/mol. The van der Waals surface area contributed by atoms with E-state index in [0.717, 1.165) is 12.1 Å². The van der Waals surface area contributed by atoms with Gasteiger partial charge in [0.05, 0.1) is 0 Å². The number of benzene rings is 2. The second-order valence-electron chi connectivity index (χ2n) is 4.95. The highest BCUT2D eigenvalue weighted by atomic mass is 16.3. The van der Waals surface area contributed by atoms with Crippen molar-refractivity contribution in [2.75, 3.05) is 11.9 Å². The Labute approximate surface area is 119 Å². The molecule has 0 saturated heterocycles. The molecule has 0 fully saturated rings. The normalized spacial score (nSPS) is 10.3. The van der Waals surface area contributed by atoms with Gasteiger partial charge >= 0.3 is 0 Å². The van der Waals surface area contributed by atoms with Gasteiger partial charge in [-0.05, 0) is 43.2 Å². The van der Waals surface area contributed by atoms with E-state index in [2.05, 4.69) is 24.3 Å². The number of phenols is 1. The first-order chi connectivity index (χ1) is 9.56. The molecule has 0 saturated carbocycles. The average Bonchev–Trinajstić information content (AvgIpc) is 2.46. The molecule has 2 rings (SSSR count). The van der Waals surface area contributed by atoms with Crippen LogP contribution < -0.4 is 4.90 Å². The summed E-state index contributed by atoms with van der Waals surface area (Å²) in [7, 11) is 1.75. The molecule has 0 radical (unpaired) electrons. The first-order valence-corrected chi connectivity index (χ1v) is 6.67. The zero-order valence-electron chi connectivity index (χ0n) is 11.8. The Hall–Kier alpha value is -2.29. The number of hydrogen-bond donors (Lipinski definition) is 1. The highest BCUT2D eigenvalue weighted by Gasteiger charge is 2.10. The third-order valence-electron chi connectivity index (χ3n) is 3.36. The summed E-state index contributed by atoms with van der Waals surface area (Å²) in [5.74, 6) is 0.269. The van der Waals surface area contributed by atoms with Gasteiger partial charge in [-0.2, -0.15) is 0 Å². The molecule has 0 heterocycles. The Bertz CT molecular complexity index is 573. The lowest BCUT2D eigenvalue weighted by Crippen LogP contribution is -2.26. The maximum Gasteiger partial charge on any atom is 0.227 e. The molecule has 0 aromatic heterocycles. The average molecular weight is 269 g/mol. The van der Waals surface area contributed by atoms with Crippen LogP contribution in [0, 0.1) is 6.92 Å². The van der Waals surface area contributed by atoms with Crippen LogP contribution in [-0.4, -0.2) is 18.1 Å². The first-order valence-electron chi connectivity index (χ1n) is 6.67. The number of carbonyl (C=O) groups is 1. The fourth-order valence-corrected chi connectivity index (χ4v) is 1.99. The minimum absolute atomic E-state index is 0.0660. The molecule has 0 atom stereocenters. The van der Waals surface area contributed by atoms with Gasteiger partial charge in [-0.3, -0.25) is 4.79 Å². The zero-order chi connectivity index (χ0) is 14.5. The molecule has 0 spiro atoms. The molecule has 2 aromatic carbocycles. The monoisotopic (exact) mass is 269 g/mol. The molecule has 20 heavy (non-hydrogen) atoms. The van der Waals surface area contributed by atoms with E-state index >= 15 is 0 Å². The maximum absolute atomic E-state index is 12.1. The van der Waals surface area contributed by atoms with E-state index in [-0.39, 0.29) is 11.7 Å². The molecule has 0 aliphatic heterocycles. The third kappa shape index (κ3) is 3.60. The zero-order valence-corrected chi connectivity index (χ0v) is 11.8. The van der Waals surface area contributed by atoms with Gasteiger partial charge in [-0.1, -0.05) is 29.8 Å². The van der Waals surface area contributed by atoms with Gasteiger partial charge in [0, 0.05) is 19.2 Å². The molecular formula is C17H19NO2. The number of anilines is 1. The van der Waals surface area contributed by atoms with Crippen molar-refractivity contribution >= 4 is 11.6 Å². The van der Waals surface area contributed by atoms with Crippen LogP contribution in [0.1, 0.15) is 17.5 Å². The number of aryl methyl sites for hydroxylation is 2. The summed E-state index contributed by atoms with van der Waals surface area (Å²) in [4.78, 5) is 13.8. The Morgan fingerprint density at radius 2 is 1.65 bits per heavy atom. The van der Waals surface area contributed by atoms with Crippen LogP contribution in [0.15, 0.2) is 48.5 Å². The van der Waals surface area contributed by atoms with Crippen molar-refractivity contribution in [2.24, 2.45) is 0 Å². The third-order valence-corrected chi connectivity index (χ3v) is 3.36. The Balaban J connectivity index is 1.94.